The van der Waals surface area contributed by atoms with Gasteiger partial charge in [-0.25, -0.2) is 4.79 Å². The van der Waals surface area contributed by atoms with Gasteiger partial charge in [0.25, 0.3) is 0 Å². The molecular formula is C28H32N2O5. The van der Waals surface area contributed by atoms with E-state index >= 15 is 0 Å². The molecule has 2 aromatic carbocycles. The van der Waals surface area contributed by atoms with Crippen molar-refractivity contribution in [3.05, 3.63) is 59.7 Å². The zero-order valence-electron chi connectivity index (χ0n) is 19.8. The Balaban J connectivity index is 1.15. The zero-order valence-corrected chi connectivity index (χ0v) is 19.8. The standard InChI is InChI=1S/C28H32N2O5/c31-26(30-14-6-8-19(16-30)27(32)33)20-13-5-7-18(20)15-29-28(34)35-17-25-23-11-3-1-9-21(23)22-10-2-4-12-24(22)25/h1-4,9-12,18-20,25H,5-8,13-17H2,(H,29,34)(H,32,33)/t18-,19?,20-/m0/s1. The normalized spacial score (nSPS) is 23.4. The van der Waals surface area contributed by atoms with Crippen LogP contribution in [0.4, 0.5) is 4.79 Å². The smallest absolute Gasteiger partial charge is 0.407 e. The molecule has 1 aliphatic heterocycles. The minimum absolute atomic E-state index is 0.00948. The maximum Gasteiger partial charge on any atom is 0.407 e. The van der Waals surface area contributed by atoms with E-state index in [4.69, 9.17) is 4.74 Å². The van der Waals surface area contributed by atoms with E-state index in [2.05, 4.69) is 29.6 Å². The molecule has 2 amide bonds. The highest BCUT2D eigenvalue weighted by atomic mass is 16.5. The Morgan fingerprint density at radius 1 is 0.943 bits per heavy atom. The number of ether oxygens (including phenoxy) is 1. The maximum absolute atomic E-state index is 13.1. The first-order valence-electron chi connectivity index (χ1n) is 12.6. The summed E-state index contributed by atoms with van der Waals surface area (Å²) in [5.74, 6) is -1.39. The molecule has 0 spiro atoms. The fourth-order valence-corrected chi connectivity index (χ4v) is 6.08. The number of aliphatic carboxylic acids is 1. The zero-order chi connectivity index (χ0) is 24.4. The highest BCUT2D eigenvalue weighted by molar-refractivity contribution is 5.81. The lowest BCUT2D eigenvalue weighted by molar-refractivity contribution is -0.147. The molecule has 1 saturated heterocycles. The predicted molar refractivity (Wildman–Crippen MR) is 131 cm³/mol. The van der Waals surface area contributed by atoms with Gasteiger partial charge in [-0.3, -0.25) is 9.59 Å². The number of carbonyl (C=O) groups excluding carboxylic acids is 2. The number of carbonyl (C=O) groups is 3. The van der Waals surface area contributed by atoms with Gasteiger partial charge in [0.2, 0.25) is 5.91 Å². The number of hydrogen-bond donors (Lipinski definition) is 2. The van der Waals surface area contributed by atoms with Gasteiger partial charge in [0.1, 0.15) is 6.61 Å². The Bertz CT molecular complexity index is 1070. The van der Waals surface area contributed by atoms with Crippen molar-refractivity contribution in [3.63, 3.8) is 0 Å². The van der Waals surface area contributed by atoms with Gasteiger partial charge < -0.3 is 20.1 Å². The van der Waals surface area contributed by atoms with Crippen LogP contribution in [0.2, 0.25) is 0 Å². The number of rotatable bonds is 6. The monoisotopic (exact) mass is 476 g/mol. The van der Waals surface area contributed by atoms with Crippen LogP contribution in [0.5, 0.6) is 0 Å². The summed E-state index contributed by atoms with van der Waals surface area (Å²) in [5, 5.41) is 12.2. The number of hydrogen-bond acceptors (Lipinski definition) is 4. The van der Waals surface area contributed by atoms with Crippen molar-refractivity contribution in [1.29, 1.82) is 0 Å². The van der Waals surface area contributed by atoms with Crippen LogP contribution in [0, 0.1) is 17.8 Å². The number of carboxylic acid groups (broad SMARTS) is 1. The summed E-state index contributed by atoms with van der Waals surface area (Å²) >= 11 is 0. The topological polar surface area (TPSA) is 95.9 Å². The minimum atomic E-state index is -0.831. The third-order valence-electron chi connectivity index (χ3n) is 7.91. The third kappa shape index (κ3) is 4.77. The number of piperidine rings is 1. The lowest BCUT2D eigenvalue weighted by Crippen LogP contribution is -2.46. The Morgan fingerprint density at radius 2 is 1.63 bits per heavy atom. The Morgan fingerprint density at radius 3 is 2.31 bits per heavy atom. The van der Waals surface area contributed by atoms with E-state index in [0.717, 1.165) is 25.7 Å². The molecule has 1 unspecified atom stereocenters. The van der Waals surface area contributed by atoms with Crippen molar-refractivity contribution >= 4 is 18.0 Å². The van der Waals surface area contributed by atoms with Crippen molar-refractivity contribution in [2.24, 2.45) is 17.8 Å². The van der Waals surface area contributed by atoms with Gasteiger partial charge in [0, 0.05) is 31.5 Å². The summed E-state index contributed by atoms with van der Waals surface area (Å²) in [6, 6.07) is 16.5. The lowest BCUT2D eigenvalue weighted by Gasteiger charge is -2.34. The molecule has 2 N–H and O–H groups in total. The van der Waals surface area contributed by atoms with E-state index < -0.39 is 18.0 Å². The van der Waals surface area contributed by atoms with Gasteiger partial charge in [-0.1, -0.05) is 55.0 Å². The summed E-state index contributed by atoms with van der Waals surface area (Å²) < 4.78 is 5.64. The van der Waals surface area contributed by atoms with Gasteiger partial charge in [-0.15, -0.1) is 0 Å². The molecule has 1 heterocycles. The third-order valence-corrected chi connectivity index (χ3v) is 7.91. The molecule has 2 fully saturated rings. The molecule has 3 atom stereocenters. The molecule has 3 aliphatic rings. The molecule has 7 nitrogen and oxygen atoms in total. The lowest BCUT2D eigenvalue weighted by atomic mass is 9.92. The maximum atomic E-state index is 13.1. The SMILES string of the molecule is O=C(NC[C@@H]1CCC[C@@H]1C(=O)N1CCCC(C(=O)O)C1)OCC1c2ccccc2-c2ccccc21. The van der Waals surface area contributed by atoms with Crippen LogP contribution in [0.15, 0.2) is 48.5 Å². The average molecular weight is 477 g/mol. The summed E-state index contributed by atoms with van der Waals surface area (Å²) in [4.78, 5) is 38.8. The fourth-order valence-electron chi connectivity index (χ4n) is 6.08. The first-order chi connectivity index (χ1) is 17.0. The Kier molecular flexibility index (Phi) is 6.75. The molecule has 0 bridgehead atoms. The van der Waals surface area contributed by atoms with Gasteiger partial charge in [0.05, 0.1) is 5.92 Å². The van der Waals surface area contributed by atoms with Crippen LogP contribution >= 0.6 is 0 Å². The largest absolute Gasteiger partial charge is 0.481 e. The molecular weight excluding hydrogens is 444 g/mol. The molecule has 0 aromatic heterocycles. The van der Waals surface area contributed by atoms with Gasteiger partial charge >= 0.3 is 12.1 Å². The van der Waals surface area contributed by atoms with Crippen molar-refractivity contribution in [1.82, 2.24) is 10.2 Å². The van der Waals surface area contributed by atoms with Crippen molar-refractivity contribution < 1.29 is 24.2 Å². The Labute approximate surface area is 205 Å². The van der Waals surface area contributed by atoms with Gasteiger partial charge in [-0.05, 0) is 53.9 Å². The first kappa shape index (κ1) is 23.4. The van der Waals surface area contributed by atoms with E-state index in [9.17, 15) is 19.5 Å². The highest BCUT2D eigenvalue weighted by Crippen LogP contribution is 2.44. The van der Waals surface area contributed by atoms with E-state index in [1.807, 2.05) is 24.3 Å². The van der Waals surface area contributed by atoms with Crippen molar-refractivity contribution in [2.45, 2.75) is 38.0 Å². The number of benzene rings is 2. The summed E-state index contributed by atoms with van der Waals surface area (Å²) in [6.07, 6.45) is 3.47. The molecule has 184 valence electrons. The number of fused-ring (bicyclic) bond motifs is 3. The quantitative estimate of drug-likeness (QED) is 0.649. The second kappa shape index (κ2) is 10.1. The number of nitrogens with one attached hydrogen (secondary N) is 1. The number of amides is 2. The Hall–Kier alpha value is -3.35. The summed E-state index contributed by atoms with van der Waals surface area (Å²) in [7, 11) is 0. The summed E-state index contributed by atoms with van der Waals surface area (Å²) in [6.45, 7) is 1.56. The fraction of sp³-hybridized carbons (Fsp3) is 0.464. The molecule has 7 heteroatoms. The van der Waals surface area contributed by atoms with Crippen molar-refractivity contribution in [3.8, 4) is 11.1 Å². The van der Waals surface area contributed by atoms with Gasteiger partial charge in [0.15, 0.2) is 0 Å². The van der Waals surface area contributed by atoms with Gasteiger partial charge in [-0.2, -0.15) is 0 Å². The van der Waals surface area contributed by atoms with Crippen LogP contribution < -0.4 is 5.32 Å². The molecule has 2 aromatic rings. The van der Waals surface area contributed by atoms with Crippen LogP contribution in [0.3, 0.4) is 0 Å². The van der Waals surface area contributed by atoms with Crippen LogP contribution in [0.1, 0.15) is 49.1 Å². The second-order valence-corrected chi connectivity index (χ2v) is 9.97. The van der Waals surface area contributed by atoms with E-state index in [-0.39, 0.29) is 36.8 Å². The van der Waals surface area contributed by atoms with Crippen molar-refractivity contribution in [2.75, 3.05) is 26.2 Å². The summed E-state index contributed by atoms with van der Waals surface area (Å²) in [5.41, 5.74) is 4.72. The van der Waals surface area contributed by atoms with Crippen LogP contribution in [-0.2, 0) is 14.3 Å². The highest BCUT2D eigenvalue weighted by Gasteiger charge is 2.38. The number of nitrogens with zero attached hydrogens (tertiary/aromatic N) is 1. The molecule has 35 heavy (non-hydrogen) atoms. The average Bonchev–Trinajstić information content (AvgIpc) is 3.48. The number of likely N-dealkylation sites (tertiary alicyclic amines) is 1. The van der Waals surface area contributed by atoms with E-state index in [0.29, 0.717) is 19.5 Å². The molecule has 0 radical (unpaired) electrons. The molecule has 5 rings (SSSR count). The second-order valence-electron chi connectivity index (χ2n) is 9.97. The number of alkyl carbamates (subject to hydrolysis) is 1. The van der Waals surface area contributed by atoms with E-state index in [1.54, 1.807) is 4.90 Å². The van der Waals surface area contributed by atoms with E-state index in [1.165, 1.54) is 22.3 Å². The molecule has 1 saturated carbocycles. The minimum Gasteiger partial charge on any atom is -0.481 e. The first-order valence-corrected chi connectivity index (χ1v) is 12.6. The molecule has 2 aliphatic carbocycles. The van der Waals surface area contributed by atoms with Crippen LogP contribution in [0.25, 0.3) is 11.1 Å². The number of carboxylic acids is 1. The van der Waals surface area contributed by atoms with Crippen LogP contribution in [-0.4, -0.2) is 54.2 Å². The predicted octanol–water partition coefficient (Wildman–Crippen LogP) is 4.26.